The highest BCUT2D eigenvalue weighted by molar-refractivity contribution is 5.95. The molecule has 132 valence electrons. The van der Waals surface area contributed by atoms with Crippen molar-refractivity contribution in [1.82, 2.24) is 9.80 Å². The van der Waals surface area contributed by atoms with Gasteiger partial charge in [-0.15, -0.1) is 0 Å². The lowest BCUT2D eigenvalue weighted by Crippen LogP contribution is -2.37. The van der Waals surface area contributed by atoms with Gasteiger partial charge in [0.25, 0.3) is 11.8 Å². The van der Waals surface area contributed by atoms with Crippen molar-refractivity contribution in [2.75, 3.05) is 26.2 Å². The molecule has 1 aliphatic rings. The summed E-state index contributed by atoms with van der Waals surface area (Å²) in [6.07, 6.45) is 2.03. The van der Waals surface area contributed by atoms with E-state index in [2.05, 4.69) is 0 Å². The summed E-state index contributed by atoms with van der Waals surface area (Å²) in [6, 6.07) is 7.57. The van der Waals surface area contributed by atoms with Crippen LogP contribution in [-0.2, 0) is 6.54 Å². The average Bonchev–Trinajstić information content (AvgIpc) is 2.98. The van der Waals surface area contributed by atoms with Gasteiger partial charge in [0.1, 0.15) is 17.8 Å². The first kappa shape index (κ1) is 17.2. The first-order valence-corrected chi connectivity index (χ1v) is 8.20. The SMILES string of the molecule is NCc1cc(C(=O)N2CCCN(C(=O)c3ccccc3F)CC2)co1. The van der Waals surface area contributed by atoms with Crippen LogP contribution in [-0.4, -0.2) is 47.8 Å². The van der Waals surface area contributed by atoms with Crippen LogP contribution in [0.2, 0.25) is 0 Å². The van der Waals surface area contributed by atoms with Crippen molar-refractivity contribution in [2.24, 2.45) is 5.73 Å². The summed E-state index contributed by atoms with van der Waals surface area (Å²) in [6.45, 7) is 2.00. The van der Waals surface area contributed by atoms with Crippen LogP contribution >= 0.6 is 0 Å². The smallest absolute Gasteiger partial charge is 0.257 e. The molecule has 1 fully saturated rings. The standard InChI is InChI=1S/C18H20FN3O3/c19-16-5-2-1-4-15(16)18(24)22-7-3-6-21(8-9-22)17(23)13-10-14(11-20)25-12-13/h1-2,4-5,10,12H,3,6-9,11,20H2. The van der Waals surface area contributed by atoms with E-state index in [1.165, 1.54) is 18.4 Å². The molecule has 6 nitrogen and oxygen atoms in total. The number of nitrogens with two attached hydrogens (primary N) is 1. The van der Waals surface area contributed by atoms with Crippen molar-refractivity contribution in [3.05, 3.63) is 59.3 Å². The number of carbonyl (C=O) groups excluding carboxylic acids is 2. The Balaban J connectivity index is 1.67. The molecule has 0 radical (unpaired) electrons. The highest BCUT2D eigenvalue weighted by Gasteiger charge is 2.25. The molecule has 2 heterocycles. The summed E-state index contributed by atoms with van der Waals surface area (Å²) < 4.78 is 19.0. The van der Waals surface area contributed by atoms with Gasteiger partial charge in [0.05, 0.1) is 17.7 Å². The minimum atomic E-state index is -0.530. The minimum absolute atomic E-state index is 0.0599. The molecule has 0 unspecified atom stereocenters. The summed E-state index contributed by atoms with van der Waals surface area (Å²) >= 11 is 0. The number of benzene rings is 1. The van der Waals surface area contributed by atoms with E-state index in [9.17, 15) is 14.0 Å². The Morgan fingerprint density at radius 2 is 1.76 bits per heavy atom. The molecular weight excluding hydrogens is 325 g/mol. The van der Waals surface area contributed by atoms with Crippen LogP contribution in [0.3, 0.4) is 0 Å². The Kier molecular flexibility index (Phi) is 5.14. The van der Waals surface area contributed by atoms with E-state index < -0.39 is 5.82 Å². The lowest BCUT2D eigenvalue weighted by molar-refractivity contribution is 0.0715. The molecule has 0 spiro atoms. The number of rotatable bonds is 3. The third-order valence-electron chi connectivity index (χ3n) is 4.28. The zero-order valence-electron chi connectivity index (χ0n) is 13.8. The van der Waals surface area contributed by atoms with E-state index in [1.807, 2.05) is 0 Å². The normalized spacial score (nSPS) is 15.1. The predicted molar refractivity (Wildman–Crippen MR) is 89.4 cm³/mol. The summed E-state index contributed by atoms with van der Waals surface area (Å²) in [4.78, 5) is 28.3. The Morgan fingerprint density at radius 1 is 1.08 bits per heavy atom. The van der Waals surface area contributed by atoms with Gasteiger partial charge in [0, 0.05) is 26.2 Å². The Hall–Kier alpha value is -2.67. The second-order valence-electron chi connectivity index (χ2n) is 5.92. The van der Waals surface area contributed by atoms with Gasteiger partial charge >= 0.3 is 0 Å². The van der Waals surface area contributed by atoms with Crippen LogP contribution in [0, 0.1) is 5.82 Å². The Bertz CT molecular complexity index is 774. The van der Waals surface area contributed by atoms with Gasteiger partial charge in [-0.05, 0) is 24.6 Å². The first-order chi connectivity index (χ1) is 12.1. The van der Waals surface area contributed by atoms with Gasteiger partial charge in [-0.25, -0.2) is 4.39 Å². The molecule has 2 N–H and O–H groups in total. The van der Waals surface area contributed by atoms with E-state index in [-0.39, 0.29) is 23.9 Å². The topological polar surface area (TPSA) is 79.8 Å². The molecule has 1 aliphatic heterocycles. The van der Waals surface area contributed by atoms with E-state index in [4.69, 9.17) is 10.2 Å². The van der Waals surface area contributed by atoms with Gasteiger partial charge in [-0.2, -0.15) is 0 Å². The lowest BCUT2D eigenvalue weighted by atomic mass is 10.2. The van der Waals surface area contributed by atoms with Crippen LogP contribution < -0.4 is 5.73 Å². The fourth-order valence-corrected chi connectivity index (χ4v) is 2.91. The maximum atomic E-state index is 13.8. The number of nitrogens with zero attached hydrogens (tertiary/aromatic N) is 2. The number of hydrogen-bond donors (Lipinski definition) is 1. The number of amides is 2. The largest absolute Gasteiger partial charge is 0.467 e. The Labute approximate surface area is 145 Å². The van der Waals surface area contributed by atoms with Crippen LogP contribution in [0.25, 0.3) is 0 Å². The zero-order chi connectivity index (χ0) is 17.8. The molecule has 0 aliphatic carbocycles. The maximum absolute atomic E-state index is 13.8. The van der Waals surface area contributed by atoms with Crippen LogP contribution in [0.15, 0.2) is 41.0 Å². The Morgan fingerprint density at radius 3 is 2.40 bits per heavy atom. The van der Waals surface area contributed by atoms with E-state index in [0.717, 1.165) is 0 Å². The number of furan rings is 1. The van der Waals surface area contributed by atoms with E-state index in [1.54, 1.807) is 28.0 Å². The predicted octanol–water partition coefficient (Wildman–Crippen LogP) is 1.87. The third-order valence-corrected chi connectivity index (χ3v) is 4.28. The zero-order valence-corrected chi connectivity index (χ0v) is 13.8. The average molecular weight is 345 g/mol. The van der Waals surface area contributed by atoms with Crippen molar-refractivity contribution in [1.29, 1.82) is 0 Å². The second-order valence-corrected chi connectivity index (χ2v) is 5.92. The van der Waals surface area contributed by atoms with Gasteiger partial charge < -0.3 is 20.0 Å². The molecule has 1 aromatic heterocycles. The fourth-order valence-electron chi connectivity index (χ4n) is 2.91. The molecule has 2 amide bonds. The summed E-state index contributed by atoms with van der Waals surface area (Å²) in [5, 5.41) is 0. The number of halogens is 1. The van der Waals surface area contributed by atoms with Crippen molar-refractivity contribution in [2.45, 2.75) is 13.0 Å². The van der Waals surface area contributed by atoms with Gasteiger partial charge in [-0.3, -0.25) is 9.59 Å². The van der Waals surface area contributed by atoms with Gasteiger partial charge in [0.15, 0.2) is 0 Å². The fraction of sp³-hybridized carbons (Fsp3) is 0.333. The van der Waals surface area contributed by atoms with Crippen molar-refractivity contribution in [3.8, 4) is 0 Å². The lowest BCUT2D eigenvalue weighted by Gasteiger charge is -2.22. The van der Waals surface area contributed by atoms with Gasteiger partial charge in [-0.1, -0.05) is 12.1 Å². The highest BCUT2D eigenvalue weighted by Crippen LogP contribution is 2.15. The van der Waals surface area contributed by atoms with Crippen molar-refractivity contribution in [3.63, 3.8) is 0 Å². The maximum Gasteiger partial charge on any atom is 0.257 e. The second kappa shape index (κ2) is 7.48. The molecular formula is C18H20FN3O3. The van der Waals surface area contributed by atoms with Crippen molar-refractivity contribution < 1.29 is 18.4 Å². The molecule has 1 saturated heterocycles. The highest BCUT2D eigenvalue weighted by atomic mass is 19.1. The number of hydrogen-bond acceptors (Lipinski definition) is 4. The van der Waals surface area contributed by atoms with Gasteiger partial charge in [0.2, 0.25) is 0 Å². The quantitative estimate of drug-likeness (QED) is 0.921. The molecule has 0 atom stereocenters. The van der Waals surface area contributed by atoms with E-state index >= 15 is 0 Å². The third kappa shape index (κ3) is 3.71. The molecule has 2 aromatic rings. The van der Waals surface area contributed by atoms with E-state index in [0.29, 0.717) is 43.9 Å². The summed E-state index contributed by atoms with van der Waals surface area (Å²) in [5.41, 5.74) is 6.01. The first-order valence-electron chi connectivity index (χ1n) is 8.20. The summed E-state index contributed by atoms with van der Waals surface area (Å²) in [7, 11) is 0. The number of carbonyl (C=O) groups is 2. The monoisotopic (exact) mass is 345 g/mol. The van der Waals surface area contributed by atoms with Crippen LogP contribution in [0.1, 0.15) is 32.9 Å². The molecule has 0 bridgehead atoms. The van der Waals surface area contributed by atoms with Crippen LogP contribution in [0.4, 0.5) is 4.39 Å². The minimum Gasteiger partial charge on any atom is -0.467 e. The molecule has 7 heteroatoms. The molecule has 25 heavy (non-hydrogen) atoms. The molecule has 1 aromatic carbocycles. The summed E-state index contributed by atoms with van der Waals surface area (Å²) in [5.74, 6) is -0.475. The molecule has 0 saturated carbocycles. The molecule has 3 rings (SSSR count). The van der Waals surface area contributed by atoms with Crippen LogP contribution in [0.5, 0.6) is 0 Å². The van der Waals surface area contributed by atoms with Crippen molar-refractivity contribution >= 4 is 11.8 Å².